The maximum atomic E-state index is 9.84. The first-order chi connectivity index (χ1) is 10.3. The second kappa shape index (κ2) is 8.00. The van der Waals surface area contributed by atoms with Gasteiger partial charge in [-0.2, -0.15) is 0 Å². The van der Waals surface area contributed by atoms with E-state index >= 15 is 0 Å². The van der Waals surface area contributed by atoms with Crippen LogP contribution in [0.3, 0.4) is 0 Å². The van der Waals surface area contributed by atoms with Crippen molar-refractivity contribution in [2.45, 2.75) is 38.7 Å². The van der Waals surface area contributed by atoms with E-state index in [1.165, 1.54) is 0 Å². The summed E-state index contributed by atoms with van der Waals surface area (Å²) >= 11 is 0. The Balaban J connectivity index is 1.86. The molecular formula is C16H23NO4. The zero-order valence-electron chi connectivity index (χ0n) is 12.4. The van der Waals surface area contributed by atoms with Gasteiger partial charge in [0.25, 0.3) is 0 Å². The number of hydrogen-bond donors (Lipinski definition) is 2. The fourth-order valence-corrected chi connectivity index (χ4v) is 2.41. The molecule has 0 saturated carbocycles. The van der Waals surface area contributed by atoms with E-state index in [9.17, 15) is 5.11 Å². The lowest BCUT2D eigenvalue weighted by atomic mass is 10.1. The van der Waals surface area contributed by atoms with Crippen molar-refractivity contribution >= 4 is 5.71 Å². The Morgan fingerprint density at radius 3 is 2.90 bits per heavy atom. The predicted octanol–water partition coefficient (Wildman–Crippen LogP) is 2.37. The van der Waals surface area contributed by atoms with Crippen LogP contribution in [0.1, 0.15) is 37.3 Å². The summed E-state index contributed by atoms with van der Waals surface area (Å²) in [5.41, 5.74) is 2.67. The quantitative estimate of drug-likeness (QED) is 0.438. The van der Waals surface area contributed by atoms with Gasteiger partial charge in [0.1, 0.15) is 18.5 Å². The Morgan fingerprint density at radius 2 is 2.14 bits per heavy atom. The molecule has 0 spiro atoms. The lowest BCUT2D eigenvalue weighted by molar-refractivity contribution is 0.0111. The van der Waals surface area contributed by atoms with Gasteiger partial charge in [-0.25, -0.2) is 0 Å². The van der Waals surface area contributed by atoms with Crippen molar-refractivity contribution in [3.05, 3.63) is 29.3 Å². The number of unbranched alkanes of at least 4 members (excludes halogenated alkanes) is 1. The molecule has 0 amide bonds. The third kappa shape index (κ3) is 4.19. The fourth-order valence-electron chi connectivity index (χ4n) is 2.41. The Hall–Kier alpha value is -1.59. The van der Waals surface area contributed by atoms with Gasteiger partial charge in [0.2, 0.25) is 0 Å². The summed E-state index contributed by atoms with van der Waals surface area (Å²) in [6.45, 7) is 3.26. The van der Waals surface area contributed by atoms with Crippen molar-refractivity contribution in [2.75, 3.05) is 19.8 Å². The molecule has 0 radical (unpaired) electrons. The van der Waals surface area contributed by atoms with Gasteiger partial charge in [-0.15, -0.1) is 0 Å². The van der Waals surface area contributed by atoms with Crippen LogP contribution in [-0.2, 0) is 11.2 Å². The van der Waals surface area contributed by atoms with Crippen molar-refractivity contribution in [1.29, 1.82) is 0 Å². The average molecular weight is 293 g/mol. The summed E-state index contributed by atoms with van der Waals surface area (Å²) in [5.74, 6) is 0.749. The first-order valence-electron chi connectivity index (χ1n) is 7.48. The second-order valence-corrected chi connectivity index (χ2v) is 5.22. The van der Waals surface area contributed by atoms with E-state index in [0.717, 1.165) is 42.6 Å². The molecule has 0 saturated heterocycles. The minimum Gasteiger partial charge on any atom is -0.490 e. The SMILES string of the molecule is CCCCOCC(O)COc1cccc2c1CC/C2=N\O. The summed E-state index contributed by atoms with van der Waals surface area (Å²) in [6.07, 6.45) is 2.97. The molecule has 5 heteroatoms. The molecule has 0 heterocycles. The van der Waals surface area contributed by atoms with Gasteiger partial charge < -0.3 is 19.8 Å². The van der Waals surface area contributed by atoms with Gasteiger partial charge in [0.15, 0.2) is 0 Å². The van der Waals surface area contributed by atoms with Gasteiger partial charge in [-0.05, 0) is 25.3 Å². The molecule has 21 heavy (non-hydrogen) atoms. The van der Waals surface area contributed by atoms with E-state index < -0.39 is 6.10 Å². The minimum atomic E-state index is -0.634. The maximum absolute atomic E-state index is 9.84. The standard InChI is InChI=1S/C16H23NO4/c1-2-3-9-20-10-12(18)11-21-16-6-4-5-13-14(16)7-8-15(13)17-19/h4-6,12,18-19H,2-3,7-11H2,1H3/b17-15+. The van der Waals surface area contributed by atoms with Crippen LogP contribution in [0.25, 0.3) is 0 Å². The van der Waals surface area contributed by atoms with Crippen LogP contribution in [-0.4, -0.2) is 42.0 Å². The van der Waals surface area contributed by atoms with E-state index in [2.05, 4.69) is 12.1 Å². The summed E-state index contributed by atoms with van der Waals surface area (Å²) in [5, 5.41) is 22.1. The highest BCUT2D eigenvalue weighted by atomic mass is 16.5. The monoisotopic (exact) mass is 293 g/mol. The van der Waals surface area contributed by atoms with Crippen LogP contribution in [0, 0.1) is 0 Å². The number of rotatable bonds is 8. The highest BCUT2D eigenvalue weighted by molar-refractivity contribution is 6.04. The third-order valence-electron chi connectivity index (χ3n) is 3.56. The smallest absolute Gasteiger partial charge is 0.123 e. The molecule has 1 aliphatic rings. The minimum absolute atomic E-state index is 0.203. The molecule has 0 fully saturated rings. The van der Waals surface area contributed by atoms with Crippen molar-refractivity contribution in [3.63, 3.8) is 0 Å². The molecule has 1 atom stereocenters. The molecule has 116 valence electrons. The van der Waals surface area contributed by atoms with Gasteiger partial charge in [0.05, 0.1) is 12.3 Å². The lowest BCUT2D eigenvalue weighted by Gasteiger charge is -2.14. The summed E-state index contributed by atoms with van der Waals surface area (Å²) < 4.78 is 11.1. The molecule has 2 rings (SSSR count). The van der Waals surface area contributed by atoms with Crippen LogP contribution >= 0.6 is 0 Å². The molecule has 1 aromatic carbocycles. The zero-order valence-corrected chi connectivity index (χ0v) is 12.4. The largest absolute Gasteiger partial charge is 0.490 e. The zero-order chi connectivity index (χ0) is 15.1. The van der Waals surface area contributed by atoms with Gasteiger partial charge in [-0.1, -0.05) is 30.6 Å². The molecule has 0 aromatic heterocycles. The highest BCUT2D eigenvalue weighted by Gasteiger charge is 2.22. The van der Waals surface area contributed by atoms with E-state index in [0.29, 0.717) is 18.9 Å². The number of hydrogen-bond acceptors (Lipinski definition) is 5. The fraction of sp³-hybridized carbons (Fsp3) is 0.562. The molecule has 1 aromatic rings. The molecule has 1 unspecified atom stereocenters. The molecule has 5 nitrogen and oxygen atoms in total. The Bertz CT molecular complexity index is 487. The van der Waals surface area contributed by atoms with Crippen LogP contribution < -0.4 is 4.74 Å². The highest BCUT2D eigenvalue weighted by Crippen LogP contribution is 2.30. The number of benzene rings is 1. The average Bonchev–Trinajstić information content (AvgIpc) is 2.93. The number of oxime groups is 1. The number of nitrogens with zero attached hydrogens (tertiary/aromatic N) is 1. The normalized spacial score (nSPS) is 17.0. The van der Waals surface area contributed by atoms with E-state index in [4.69, 9.17) is 14.7 Å². The Kier molecular flexibility index (Phi) is 6.02. The second-order valence-electron chi connectivity index (χ2n) is 5.22. The van der Waals surface area contributed by atoms with E-state index in [1.807, 2.05) is 18.2 Å². The van der Waals surface area contributed by atoms with E-state index in [-0.39, 0.29) is 6.61 Å². The molecule has 0 aliphatic heterocycles. The Morgan fingerprint density at radius 1 is 1.29 bits per heavy atom. The van der Waals surface area contributed by atoms with Crippen molar-refractivity contribution < 1.29 is 19.8 Å². The van der Waals surface area contributed by atoms with Crippen molar-refractivity contribution in [1.82, 2.24) is 0 Å². The van der Waals surface area contributed by atoms with Crippen molar-refractivity contribution in [3.8, 4) is 5.75 Å². The first-order valence-corrected chi connectivity index (χ1v) is 7.48. The number of ether oxygens (including phenoxy) is 2. The Labute approximate surface area is 125 Å². The molecule has 2 N–H and O–H groups in total. The third-order valence-corrected chi connectivity index (χ3v) is 3.56. The first kappa shape index (κ1) is 15.8. The van der Waals surface area contributed by atoms with Crippen LogP contribution in [0.5, 0.6) is 5.75 Å². The van der Waals surface area contributed by atoms with Gasteiger partial charge in [0, 0.05) is 17.7 Å². The van der Waals surface area contributed by atoms with Crippen LogP contribution in [0.15, 0.2) is 23.4 Å². The van der Waals surface area contributed by atoms with Crippen LogP contribution in [0.4, 0.5) is 0 Å². The van der Waals surface area contributed by atoms with Gasteiger partial charge in [-0.3, -0.25) is 0 Å². The van der Waals surface area contributed by atoms with Gasteiger partial charge >= 0.3 is 0 Å². The lowest BCUT2D eigenvalue weighted by Crippen LogP contribution is -2.24. The number of fused-ring (bicyclic) bond motifs is 1. The summed E-state index contributed by atoms with van der Waals surface area (Å²) in [6, 6.07) is 5.67. The summed E-state index contributed by atoms with van der Waals surface area (Å²) in [4.78, 5) is 0. The topological polar surface area (TPSA) is 71.3 Å². The maximum Gasteiger partial charge on any atom is 0.123 e. The number of aliphatic hydroxyl groups is 1. The molecular weight excluding hydrogens is 270 g/mol. The van der Waals surface area contributed by atoms with E-state index in [1.54, 1.807) is 0 Å². The predicted molar refractivity (Wildman–Crippen MR) is 80.3 cm³/mol. The van der Waals surface area contributed by atoms with Crippen molar-refractivity contribution in [2.24, 2.45) is 5.16 Å². The molecule has 1 aliphatic carbocycles. The van der Waals surface area contributed by atoms with Crippen LogP contribution in [0.2, 0.25) is 0 Å². The number of aliphatic hydroxyl groups excluding tert-OH is 1. The summed E-state index contributed by atoms with van der Waals surface area (Å²) in [7, 11) is 0. The molecule has 0 bridgehead atoms.